The summed E-state index contributed by atoms with van der Waals surface area (Å²) in [6, 6.07) is 5.25. The fourth-order valence-corrected chi connectivity index (χ4v) is 2.60. The number of aryl methyl sites for hydroxylation is 1. The predicted molar refractivity (Wildman–Crippen MR) is 70.1 cm³/mol. The van der Waals surface area contributed by atoms with Crippen LogP contribution in [-0.4, -0.2) is 17.1 Å². The number of nitrogens with two attached hydrogens (primary N) is 1. The Bertz CT molecular complexity index is 457. The molecule has 0 saturated carbocycles. The molecule has 18 heavy (non-hydrogen) atoms. The Hall–Kier alpha value is -1.55. The van der Waals surface area contributed by atoms with Crippen LogP contribution in [0.15, 0.2) is 18.2 Å². The summed E-state index contributed by atoms with van der Waals surface area (Å²) in [4.78, 5) is 11.4. The van der Waals surface area contributed by atoms with E-state index in [1.807, 2.05) is 19.9 Å². The second kappa shape index (κ2) is 4.98. The first-order valence-corrected chi connectivity index (χ1v) is 6.36. The number of nitrogens with one attached hydrogen (secondary N) is 1. The van der Waals surface area contributed by atoms with E-state index in [1.54, 1.807) is 12.1 Å². The van der Waals surface area contributed by atoms with Crippen molar-refractivity contribution in [1.29, 1.82) is 0 Å². The summed E-state index contributed by atoms with van der Waals surface area (Å²) in [6.45, 7) is 3.96. The van der Waals surface area contributed by atoms with Gasteiger partial charge < -0.3 is 10.8 Å². The van der Waals surface area contributed by atoms with Crippen molar-refractivity contribution in [2.45, 2.75) is 38.8 Å². The van der Waals surface area contributed by atoms with E-state index in [9.17, 15) is 9.90 Å². The van der Waals surface area contributed by atoms with E-state index in [0.29, 0.717) is 5.75 Å². The molecule has 1 aromatic carbocycles. The number of phenols is 1. The summed E-state index contributed by atoms with van der Waals surface area (Å²) >= 11 is 0. The number of hydrogen-bond acceptors (Lipinski definition) is 3. The molecule has 0 spiro atoms. The number of carbonyl (C=O) groups excluding carboxylic acids is 1. The molecule has 0 bridgehead atoms. The largest absolute Gasteiger partial charge is 0.508 e. The van der Waals surface area contributed by atoms with Crippen LogP contribution in [0.25, 0.3) is 0 Å². The van der Waals surface area contributed by atoms with Gasteiger partial charge in [-0.1, -0.05) is 19.9 Å². The van der Waals surface area contributed by atoms with Gasteiger partial charge in [-0.2, -0.15) is 0 Å². The van der Waals surface area contributed by atoms with Crippen LogP contribution >= 0.6 is 0 Å². The van der Waals surface area contributed by atoms with Crippen molar-refractivity contribution >= 4 is 5.91 Å². The standard InChI is InChI=1S/C14H20N2O2/c1-8(2)13(14(15)18)16-12-6-3-9-7-10(17)4-5-11(9)12/h4-5,7-8,12-13,16-17H,3,6H2,1-2H3,(H2,15,18). The van der Waals surface area contributed by atoms with Gasteiger partial charge in [0.05, 0.1) is 6.04 Å². The molecule has 2 atom stereocenters. The van der Waals surface area contributed by atoms with Crippen molar-refractivity contribution in [3.63, 3.8) is 0 Å². The third-order valence-corrected chi connectivity index (χ3v) is 3.56. The fraction of sp³-hybridized carbons (Fsp3) is 0.500. The van der Waals surface area contributed by atoms with Gasteiger partial charge in [0.2, 0.25) is 5.91 Å². The van der Waals surface area contributed by atoms with Crippen LogP contribution in [-0.2, 0) is 11.2 Å². The average molecular weight is 248 g/mol. The second-order valence-electron chi connectivity index (χ2n) is 5.27. The molecular weight excluding hydrogens is 228 g/mol. The van der Waals surface area contributed by atoms with E-state index in [-0.39, 0.29) is 23.9 Å². The summed E-state index contributed by atoms with van der Waals surface area (Å²) in [6.07, 6.45) is 1.86. The Labute approximate surface area is 107 Å². The van der Waals surface area contributed by atoms with Gasteiger partial charge in [-0.15, -0.1) is 0 Å². The third kappa shape index (κ3) is 2.48. The molecule has 0 aliphatic heterocycles. The van der Waals surface area contributed by atoms with Crippen LogP contribution in [0.4, 0.5) is 0 Å². The number of amides is 1. The number of phenolic OH excluding ortho intramolecular Hbond substituents is 1. The first-order chi connectivity index (χ1) is 8.49. The van der Waals surface area contributed by atoms with Crippen molar-refractivity contribution < 1.29 is 9.90 Å². The topological polar surface area (TPSA) is 75.3 Å². The predicted octanol–water partition coefficient (Wildman–Crippen LogP) is 1.48. The van der Waals surface area contributed by atoms with Crippen molar-refractivity contribution in [3.8, 4) is 5.75 Å². The lowest BCUT2D eigenvalue weighted by atomic mass is 10.0. The fourth-order valence-electron chi connectivity index (χ4n) is 2.60. The highest BCUT2D eigenvalue weighted by molar-refractivity contribution is 5.80. The minimum atomic E-state index is -0.310. The van der Waals surface area contributed by atoms with Crippen LogP contribution < -0.4 is 11.1 Å². The molecule has 2 rings (SSSR count). The van der Waals surface area contributed by atoms with Crippen molar-refractivity contribution in [2.75, 3.05) is 0 Å². The monoisotopic (exact) mass is 248 g/mol. The van der Waals surface area contributed by atoms with Gasteiger partial charge in [0.1, 0.15) is 5.75 Å². The number of benzene rings is 1. The Morgan fingerprint density at radius 2 is 2.22 bits per heavy atom. The molecule has 0 radical (unpaired) electrons. The summed E-state index contributed by atoms with van der Waals surface area (Å²) < 4.78 is 0. The van der Waals surface area contributed by atoms with E-state index in [4.69, 9.17) is 5.73 Å². The van der Waals surface area contributed by atoms with E-state index < -0.39 is 0 Å². The molecule has 0 fully saturated rings. The summed E-state index contributed by atoms with van der Waals surface area (Å²) in [5, 5.41) is 12.8. The van der Waals surface area contributed by atoms with E-state index in [0.717, 1.165) is 18.4 Å². The first kappa shape index (κ1) is 12.9. The molecule has 0 aromatic heterocycles. The Kier molecular flexibility index (Phi) is 3.57. The minimum absolute atomic E-state index is 0.153. The lowest BCUT2D eigenvalue weighted by molar-refractivity contribution is -0.121. The van der Waals surface area contributed by atoms with Crippen molar-refractivity contribution in [3.05, 3.63) is 29.3 Å². The molecule has 1 aromatic rings. The van der Waals surface area contributed by atoms with E-state index >= 15 is 0 Å². The lowest BCUT2D eigenvalue weighted by Crippen LogP contribution is -2.46. The molecule has 1 aliphatic carbocycles. The first-order valence-electron chi connectivity index (χ1n) is 6.36. The number of primary amides is 1. The van der Waals surface area contributed by atoms with E-state index in [2.05, 4.69) is 5.32 Å². The molecule has 98 valence electrons. The maximum Gasteiger partial charge on any atom is 0.234 e. The zero-order valence-corrected chi connectivity index (χ0v) is 10.8. The van der Waals surface area contributed by atoms with Crippen molar-refractivity contribution in [1.82, 2.24) is 5.32 Å². The van der Waals surface area contributed by atoms with Crippen molar-refractivity contribution in [2.24, 2.45) is 11.7 Å². The second-order valence-corrected chi connectivity index (χ2v) is 5.27. The number of hydrogen-bond donors (Lipinski definition) is 3. The third-order valence-electron chi connectivity index (χ3n) is 3.56. The Morgan fingerprint density at radius 1 is 1.50 bits per heavy atom. The van der Waals surface area contributed by atoms with Gasteiger partial charge in [-0.25, -0.2) is 0 Å². The SMILES string of the molecule is CC(C)C(NC1CCc2cc(O)ccc21)C(N)=O. The van der Waals surface area contributed by atoms with E-state index in [1.165, 1.54) is 5.56 Å². The quantitative estimate of drug-likeness (QED) is 0.755. The molecule has 0 heterocycles. The Balaban J connectivity index is 2.16. The number of fused-ring (bicyclic) bond motifs is 1. The van der Waals surface area contributed by atoms with Crippen LogP contribution in [0.2, 0.25) is 0 Å². The molecule has 0 saturated heterocycles. The zero-order valence-electron chi connectivity index (χ0n) is 10.8. The molecule has 1 amide bonds. The molecule has 4 heteroatoms. The van der Waals surface area contributed by atoms with Gasteiger partial charge in [0.15, 0.2) is 0 Å². The number of rotatable bonds is 4. The Morgan fingerprint density at radius 3 is 2.83 bits per heavy atom. The average Bonchev–Trinajstić information content (AvgIpc) is 2.67. The number of carbonyl (C=O) groups is 1. The summed E-state index contributed by atoms with van der Waals surface area (Å²) in [5.74, 6) is 0.158. The zero-order chi connectivity index (χ0) is 13.3. The smallest absolute Gasteiger partial charge is 0.234 e. The van der Waals surface area contributed by atoms with Gasteiger partial charge in [0.25, 0.3) is 0 Å². The maximum absolute atomic E-state index is 11.4. The highest BCUT2D eigenvalue weighted by atomic mass is 16.3. The van der Waals surface area contributed by atoms with Crippen LogP contribution in [0, 0.1) is 5.92 Å². The molecule has 2 unspecified atom stereocenters. The molecule has 4 N–H and O–H groups in total. The normalized spacial score (nSPS) is 19.8. The summed E-state index contributed by atoms with van der Waals surface area (Å²) in [5.41, 5.74) is 7.74. The molecule has 4 nitrogen and oxygen atoms in total. The van der Waals surface area contributed by atoms with Gasteiger partial charge in [-0.3, -0.25) is 10.1 Å². The highest BCUT2D eigenvalue weighted by Crippen LogP contribution is 2.33. The van der Waals surface area contributed by atoms with Crippen LogP contribution in [0.5, 0.6) is 5.75 Å². The van der Waals surface area contributed by atoms with Crippen LogP contribution in [0.3, 0.4) is 0 Å². The van der Waals surface area contributed by atoms with Gasteiger partial charge in [0, 0.05) is 6.04 Å². The molecular formula is C14H20N2O2. The summed E-state index contributed by atoms with van der Waals surface area (Å²) in [7, 11) is 0. The van der Waals surface area contributed by atoms with Crippen LogP contribution in [0.1, 0.15) is 37.4 Å². The highest BCUT2D eigenvalue weighted by Gasteiger charge is 2.28. The number of aromatic hydroxyl groups is 1. The van der Waals surface area contributed by atoms with Gasteiger partial charge >= 0.3 is 0 Å². The minimum Gasteiger partial charge on any atom is -0.508 e. The van der Waals surface area contributed by atoms with Gasteiger partial charge in [-0.05, 0) is 42.0 Å². The maximum atomic E-state index is 11.4. The molecule has 1 aliphatic rings. The lowest BCUT2D eigenvalue weighted by Gasteiger charge is -2.24.